The van der Waals surface area contributed by atoms with Crippen molar-refractivity contribution in [3.05, 3.63) is 0 Å². The Morgan fingerprint density at radius 2 is 2.11 bits per heavy atom. The largest absolute Gasteiger partial charge is 0.444 e. The van der Waals surface area contributed by atoms with Gasteiger partial charge < -0.3 is 15.8 Å². The molecule has 0 heterocycles. The third-order valence-corrected chi connectivity index (χ3v) is 3.12. The SMILES string of the molecule is CN(C(CN)CCNC(=O)OC(C)(C)C)C1CC1. The minimum absolute atomic E-state index is 0.340. The number of rotatable bonds is 6. The number of carbonyl (C=O) groups excluding carboxylic acids is 1. The van der Waals surface area contributed by atoms with Gasteiger partial charge in [0.15, 0.2) is 0 Å². The van der Waals surface area contributed by atoms with Gasteiger partial charge >= 0.3 is 6.09 Å². The number of hydrogen-bond donors (Lipinski definition) is 2. The van der Waals surface area contributed by atoms with E-state index >= 15 is 0 Å². The molecular formula is C13H27N3O2. The van der Waals surface area contributed by atoms with E-state index in [1.165, 1.54) is 12.8 Å². The molecular weight excluding hydrogens is 230 g/mol. The average Bonchev–Trinajstić information content (AvgIpc) is 3.04. The normalized spacial score (nSPS) is 17.7. The fourth-order valence-corrected chi connectivity index (χ4v) is 1.92. The molecule has 1 aliphatic carbocycles. The van der Waals surface area contributed by atoms with Crippen molar-refractivity contribution >= 4 is 6.09 Å². The summed E-state index contributed by atoms with van der Waals surface area (Å²) < 4.78 is 5.18. The number of hydrogen-bond acceptors (Lipinski definition) is 4. The molecule has 0 spiro atoms. The molecule has 0 saturated heterocycles. The lowest BCUT2D eigenvalue weighted by Crippen LogP contribution is -2.42. The van der Waals surface area contributed by atoms with Crippen molar-refractivity contribution < 1.29 is 9.53 Å². The Morgan fingerprint density at radius 3 is 2.56 bits per heavy atom. The molecule has 1 rings (SSSR count). The van der Waals surface area contributed by atoms with Crippen LogP contribution in [0.4, 0.5) is 4.79 Å². The zero-order valence-corrected chi connectivity index (χ0v) is 12.0. The number of likely N-dealkylation sites (N-methyl/N-ethyl adjacent to an activating group) is 1. The maximum absolute atomic E-state index is 11.5. The summed E-state index contributed by atoms with van der Waals surface area (Å²) in [6.07, 6.45) is 3.05. The first-order valence-electron chi connectivity index (χ1n) is 6.72. The van der Waals surface area contributed by atoms with Gasteiger partial charge in [-0.15, -0.1) is 0 Å². The number of nitrogens with two attached hydrogens (primary N) is 1. The standard InChI is InChI=1S/C13H27N3O2/c1-13(2,3)18-12(17)15-8-7-11(9-14)16(4)10-5-6-10/h10-11H,5-9,14H2,1-4H3,(H,15,17). The third-order valence-electron chi connectivity index (χ3n) is 3.12. The van der Waals surface area contributed by atoms with Gasteiger partial charge in [0.05, 0.1) is 0 Å². The van der Waals surface area contributed by atoms with E-state index in [1.54, 1.807) is 0 Å². The first kappa shape index (κ1) is 15.2. The van der Waals surface area contributed by atoms with Crippen LogP contribution < -0.4 is 11.1 Å². The molecule has 18 heavy (non-hydrogen) atoms. The average molecular weight is 257 g/mol. The van der Waals surface area contributed by atoms with Crippen molar-refractivity contribution in [2.75, 3.05) is 20.1 Å². The zero-order valence-electron chi connectivity index (χ0n) is 12.0. The number of amides is 1. The van der Waals surface area contributed by atoms with E-state index in [1.807, 2.05) is 20.8 Å². The second kappa shape index (κ2) is 6.38. The summed E-state index contributed by atoms with van der Waals surface area (Å²) in [6, 6.07) is 1.03. The van der Waals surface area contributed by atoms with Crippen LogP contribution in [0.3, 0.4) is 0 Å². The fourth-order valence-electron chi connectivity index (χ4n) is 1.92. The lowest BCUT2D eigenvalue weighted by atomic mass is 10.2. The number of carbonyl (C=O) groups is 1. The van der Waals surface area contributed by atoms with Gasteiger partial charge in [-0.25, -0.2) is 4.79 Å². The maximum atomic E-state index is 11.5. The molecule has 3 N–H and O–H groups in total. The van der Waals surface area contributed by atoms with E-state index in [9.17, 15) is 4.79 Å². The van der Waals surface area contributed by atoms with Crippen LogP contribution in [0.1, 0.15) is 40.0 Å². The molecule has 0 bridgehead atoms. The maximum Gasteiger partial charge on any atom is 0.407 e. The van der Waals surface area contributed by atoms with Crippen molar-refractivity contribution in [2.24, 2.45) is 5.73 Å². The second-order valence-corrected chi connectivity index (χ2v) is 6.00. The molecule has 0 aromatic rings. The van der Waals surface area contributed by atoms with Gasteiger partial charge in [0.25, 0.3) is 0 Å². The highest BCUT2D eigenvalue weighted by molar-refractivity contribution is 5.67. The van der Waals surface area contributed by atoms with E-state index in [0.29, 0.717) is 25.2 Å². The Hall–Kier alpha value is -0.810. The molecule has 1 amide bonds. The predicted octanol–water partition coefficient (Wildman–Crippen LogP) is 1.32. The van der Waals surface area contributed by atoms with E-state index < -0.39 is 5.60 Å². The molecule has 0 aromatic heterocycles. The lowest BCUT2D eigenvalue weighted by Gasteiger charge is -2.27. The summed E-state index contributed by atoms with van der Waals surface area (Å²) >= 11 is 0. The monoisotopic (exact) mass is 257 g/mol. The van der Waals surface area contributed by atoms with Gasteiger partial charge in [-0.2, -0.15) is 0 Å². The molecule has 1 saturated carbocycles. The van der Waals surface area contributed by atoms with Crippen LogP contribution in [0.15, 0.2) is 0 Å². The van der Waals surface area contributed by atoms with Crippen LogP contribution >= 0.6 is 0 Å². The summed E-state index contributed by atoms with van der Waals surface area (Å²) in [7, 11) is 2.11. The molecule has 1 aliphatic rings. The second-order valence-electron chi connectivity index (χ2n) is 6.00. The molecule has 106 valence electrons. The Morgan fingerprint density at radius 1 is 1.50 bits per heavy atom. The summed E-state index contributed by atoms with van der Waals surface area (Å²) in [6.45, 7) is 6.80. The summed E-state index contributed by atoms with van der Waals surface area (Å²) in [5.74, 6) is 0. The van der Waals surface area contributed by atoms with E-state index in [4.69, 9.17) is 10.5 Å². The molecule has 0 radical (unpaired) electrons. The van der Waals surface area contributed by atoms with Crippen LogP contribution in [0, 0.1) is 0 Å². The highest BCUT2D eigenvalue weighted by Crippen LogP contribution is 2.27. The summed E-state index contributed by atoms with van der Waals surface area (Å²) in [4.78, 5) is 13.8. The minimum Gasteiger partial charge on any atom is -0.444 e. The Kier molecular flexibility index (Phi) is 5.41. The van der Waals surface area contributed by atoms with Crippen LogP contribution in [-0.2, 0) is 4.74 Å². The quantitative estimate of drug-likeness (QED) is 0.753. The highest BCUT2D eigenvalue weighted by Gasteiger charge is 2.30. The van der Waals surface area contributed by atoms with Crippen molar-refractivity contribution in [3.63, 3.8) is 0 Å². The molecule has 1 atom stereocenters. The van der Waals surface area contributed by atoms with Crippen molar-refractivity contribution in [2.45, 2.75) is 57.7 Å². The van der Waals surface area contributed by atoms with Crippen molar-refractivity contribution in [3.8, 4) is 0 Å². The van der Waals surface area contributed by atoms with E-state index in [2.05, 4.69) is 17.3 Å². The third kappa shape index (κ3) is 5.69. The molecule has 1 unspecified atom stereocenters. The molecule has 5 nitrogen and oxygen atoms in total. The van der Waals surface area contributed by atoms with E-state index in [-0.39, 0.29) is 6.09 Å². The van der Waals surface area contributed by atoms with Crippen LogP contribution in [0.25, 0.3) is 0 Å². The number of alkyl carbamates (subject to hydrolysis) is 1. The zero-order chi connectivity index (χ0) is 13.8. The van der Waals surface area contributed by atoms with Crippen LogP contribution in [0.5, 0.6) is 0 Å². The van der Waals surface area contributed by atoms with Gasteiger partial charge in [0, 0.05) is 25.2 Å². The fraction of sp³-hybridized carbons (Fsp3) is 0.923. The Balaban J connectivity index is 2.20. The number of nitrogens with one attached hydrogen (secondary N) is 1. The van der Waals surface area contributed by atoms with Crippen LogP contribution in [-0.4, -0.2) is 48.8 Å². The van der Waals surface area contributed by atoms with Gasteiger partial charge in [0.1, 0.15) is 5.60 Å². The van der Waals surface area contributed by atoms with Crippen molar-refractivity contribution in [1.82, 2.24) is 10.2 Å². The lowest BCUT2D eigenvalue weighted by molar-refractivity contribution is 0.0522. The van der Waals surface area contributed by atoms with Crippen LogP contribution in [0.2, 0.25) is 0 Å². The van der Waals surface area contributed by atoms with Gasteiger partial charge in [-0.1, -0.05) is 0 Å². The van der Waals surface area contributed by atoms with Crippen molar-refractivity contribution in [1.29, 1.82) is 0 Å². The number of nitrogens with zero attached hydrogens (tertiary/aromatic N) is 1. The van der Waals surface area contributed by atoms with Gasteiger partial charge in [-0.05, 0) is 47.1 Å². The molecule has 1 fully saturated rings. The summed E-state index contributed by atoms with van der Waals surface area (Å²) in [5.41, 5.74) is 5.33. The first-order valence-corrected chi connectivity index (χ1v) is 6.72. The Bertz CT molecular complexity index is 272. The predicted molar refractivity (Wildman–Crippen MR) is 72.5 cm³/mol. The highest BCUT2D eigenvalue weighted by atomic mass is 16.6. The molecule has 0 aliphatic heterocycles. The first-order chi connectivity index (χ1) is 8.33. The van der Waals surface area contributed by atoms with Gasteiger partial charge in [-0.3, -0.25) is 4.90 Å². The molecule has 5 heteroatoms. The molecule has 0 aromatic carbocycles. The minimum atomic E-state index is -0.442. The smallest absolute Gasteiger partial charge is 0.407 e. The van der Waals surface area contributed by atoms with E-state index in [0.717, 1.165) is 6.42 Å². The number of ether oxygens (including phenoxy) is 1. The summed E-state index contributed by atoms with van der Waals surface area (Å²) in [5, 5.41) is 2.77. The van der Waals surface area contributed by atoms with Gasteiger partial charge in [0.2, 0.25) is 0 Å². The Labute approximate surface area is 110 Å². The topological polar surface area (TPSA) is 67.6 Å².